The minimum Gasteiger partial charge on any atom is -0.481 e. The number of carbonyl (C=O) groups is 1. The molecule has 1 aromatic rings. The zero-order valence-corrected chi connectivity index (χ0v) is 10.9. The fourth-order valence-electron chi connectivity index (χ4n) is 1.80. The monoisotopic (exact) mass is 257 g/mol. The molecule has 0 saturated heterocycles. The van der Waals surface area contributed by atoms with Gasteiger partial charge in [-0.2, -0.15) is 0 Å². The van der Waals surface area contributed by atoms with Crippen LogP contribution in [0.2, 0.25) is 0 Å². The van der Waals surface area contributed by atoms with Crippen LogP contribution in [0.5, 0.6) is 0 Å². The number of carboxylic acids is 1. The molecule has 0 amide bonds. The zero-order valence-electron chi connectivity index (χ0n) is 10.1. The van der Waals surface area contributed by atoms with E-state index in [0.29, 0.717) is 5.92 Å². The van der Waals surface area contributed by atoms with E-state index in [1.807, 2.05) is 0 Å². The molecule has 1 atom stereocenters. The van der Waals surface area contributed by atoms with Crippen LogP contribution < -0.4 is 5.32 Å². The van der Waals surface area contributed by atoms with Gasteiger partial charge in [0.1, 0.15) is 5.51 Å². The Morgan fingerprint density at radius 1 is 1.53 bits per heavy atom. The molecule has 0 aliphatic heterocycles. The first-order chi connectivity index (χ1) is 8.22. The molecule has 1 rings (SSSR count). The van der Waals surface area contributed by atoms with Crippen LogP contribution in [0.4, 0.5) is 5.13 Å². The molecule has 0 aromatic carbocycles. The van der Waals surface area contributed by atoms with E-state index in [2.05, 4.69) is 22.4 Å². The van der Waals surface area contributed by atoms with Gasteiger partial charge in [-0.15, -0.1) is 10.2 Å². The van der Waals surface area contributed by atoms with Gasteiger partial charge < -0.3 is 10.4 Å². The molecule has 5 nitrogen and oxygen atoms in total. The van der Waals surface area contributed by atoms with E-state index < -0.39 is 5.97 Å². The maximum absolute atomic E-state index is 10.5. The lowest BCUT2D eigenvalue weighted by molar-refractivity contribution is -0.137. The predicted octanol–water partition coefficient (Wildman–Crippen LogP) is 2.62. The number of hydrogen-bond acceptors (Lipinski definition) is 5. The second-order valence-electron chi connectivity index (χ2n) is 4.05. The summed E-state index contributed by atoms with van der Waals surface area (Å²) in [6.07, 6.45) is 4.21. The van der Waals surface area contributed by atoms with Crippen molar-refractivity contribution < 1.29 is 9.90 Å². The average molecular weight is 257 g/mol. The molecule has 17 heavy (non-hydrogen) atoms. The highest BCUT2D eigenvalue weighted by Crippen LogP contribution is 2.18. The summed E-state index contributed by atoms with van der Waals surface area (Å²) in [5.74, 6) is -0.222. The van der Waals surface area contributed by atoms with Crippen LogP contribution in [0.15, 0.2) is 5.51 Å². The number of rotatable bonds is 9. The standard InChI is InChI=1S/C11H19N3O2S/c1-2-3-9(4-5-10(15)16)6-7-12-11-14-13-8-17-11/h8-9H,2-7H2,1H3,(H,12,14)(H,15,16). The number of nitrogens with one attached hydrogen (secondary N) is 1. The molecule has 0 bridgehead atoms. The second-order valence-corrected chi connectivity index (χ2v) is 4.88. The van der Waals surface area contributed by atoms with E-state index >= 15 is 0 Å². The van der Waals surface area contributed by atoms with E-state index in [1.54, 1.807) is 5.51 Å². The molecule has 0 fully saturated rings. The van der Waals surface area contributed by atoms with Crippen molar-refractivity contribution in [2.45, 2.75) is 39.0 Å². The lowest BCUT2D eigenvalue weighted by Crippen LogP contribution is -2.11. The fourth-order valence-corrected chi connectivity index (χ4v) is 2.28. The molecule has 0 aliphatic rings. The molecule has 1 heterocycles. The first-order valence-corrected chi connectivity index (χ1v) is 6.82. The van der Waals surface area contributed by atoms with E-state index in [1.165, 1.54) is 11.3 Å². The van der Waals surface area contributed by atoms with Crippen molar-refractivity contribution in [1.29, 1.82) is 0 Å². The van der Waals surface area contributed by atoms with Crippen molar-refractivity contribution in [1.82, 2.24) is 10.2 Å². The van der Waals surface area contributed by atoms with Crippen molar-refractivity contribution >= 4 is 22.4 Å². The van der Waals surface area contributed by atoms with Gasteiger partial charge in [0.15, 0.2) is 0 Å². The third-order valence-corrected chi connectivity index (χ3v) is 3.30. The molecule has 2 N–H and O–H groups in total. The number of hydrogen-bond donors (Lipinski definition) is 2. The first kappa shape index (κ1) is 13.9. The summed E-state index contributed by atoms with van der Waals surface area (Å²) in [5.41, 5.74) is 1.69. The Balaban J connectivity index is 2.21. The quantitative estimate of drug-likeness (QED) is 0.711. The minimum absolute atomic E-state index is 0.267. The van der Waals surface area contributed by atoms with Gasteiger partial charge in [0, 0.05) is 13.0 Å². The van der Waals surface area contributed by atoms with Crippen LogP contribution in [0.1, 0.15) is 39.0 Å². The lowest BCUT2D eigenvalue weighted by atomic mass is 9.94. The van der Waals surface area contributed by atoms with Crippen LogP contribution in [0.25, 0.3) is 0 Å². The summed E-state index contributed by atoms with van der Waals surface area (Å²) in [5, 5.41) is 20.3. The van der Waals surface area contributed by atoms with Gasteiger partial charge in [-0.25, -0.2) is 0 Å². The normalized spacial score (nSPS) is 12.3. The minimum atomic E-state index is -0.705. The molecule has 0 spiro atoms. The summed E-state index contributed by atoms with van der Waals surface area (Å²) in [7, 11) is 0. The van der Waals surface area contributed by atoms with Crippen molar-refractivity contribution in [2.75, 3.05) is 11.9 Å². The summed E-state index contributed by atoms with van der Waals surface area (Å²) in [6.45, 7) is 2.96. The third kappa shape index (κ3) is 6.21. The van der Waals surface area contributed by atoms with Gasteiger partial charge in [-0.05, 0) is 18.8 Å². The smallest absolute Gasteiger partial charge is 0.303 e. The Labute approximate surface area is 105 Å². The maximum atomic E-state index is 10.5. The third-order valence-electron chi connectivity index (χ3n) is 2.65. The molecule has 1 aromatic heterocycles. The first-order valence-electron chi connectivity index (χ1n) is 5.94. The highest BCUT2D eigenvalue weighted by atomic mass is 32.1. The van der Waals surface area contributed by atoms with Gasteiger partial charge in [-0.3, -0.25) is 4.79 Å². The molecule has 96 valence electrons. The SMILES string of the molecule is CCCC(CCNc1nncs1)CCC(=O)O. The lowest BCUT2D eigenvalue weighted by Gasteiger charge is -2.14. The Morgan fingerprint density at radius 2 is 2.35 bits per heavy atom. The Kier molecular flexibility index (Phi) is 6.54. The molecule has 0 saturated carbocycles. The number of carboxylic acid groups (broad SMARTS) is 1. The molecule has 1 unspecified atom stereocenters. The van der Waals surface area contributed by atoms with Gasteiger partial charge in [0.05, 0.1) is 0 Å². The largest absolute Gasteiger partial charge is 0.481 e. The Morgan fingerprint density at radius 3 is 2.94 bits per heavy atom. The van der Waals surface area contributed by atoms with E-state index in [4.69, 9.17) is 5.11 Å². The van der Waals surface area contributed by atoms with Crippen LogP contribution >= 0.6 is 11.3 Å². The summed E-state index contributed by atoms with van der Waals surface area (Å²) < 4.78 is 0. The highest BCUT2D eigenvalue weighted by Gasteiger charge is 2.10. The maximum Gasteiger partial charge on any atom is 0.303 e. The number of nitrogens with zero attached hydrogens (tertiary/aromatic N) is 2. The molecule has 6 heteroatoms. The van der Waals surface area contributed by atoms with Gasteiger partial charge in [0.25, 0.3) is 0 Å². The van der Waals surface area contributed by atoms with Crippen molar-refractivity contribution in [3.05, 3.63) is 5.51 Å². The van der Waals surface area contributed by atoms with Crippen molar-refractivity contribution in [3.8, 4) is 0 Å². The number of aromatic nitrogens is 2. The van der Waals surface area contributed by atoms with E-state index in [-0.39, 0.29) is 6.42 Å². The Bertz CT molecular complexity index is 317. The summed E-state index contributed by atoms with van der Waals surface area (Å²) >= 11 is 1.48. The molecular formula is C11H19N3O2S. The van der Waals surface area contributed by atoms with Crippen LogP contribution in [0, 0.1) is 5.92 Å². The number of aliphatic carboxylic acids is 1. The van der Waals surface area contributed by atoms with Gasteiger partial charge in [-0.1, -0.05) is 31.1 Å². The van der Waals surface area contributed by atoms with Crippen molar-refractivity contribution in [2.24, 2.45) is 5.92 Å². The van der Waals surface area contributed by atoms with Crippen LogP contribution in [-0.4, -0.2) is 27.8 Å². The average Bonchev–Trinajstić information content (AvgIpc) is 2.78. The van der Waals surface area contributed by atoms with Crippen LogP contribution in [0.3, 0.4) is 0 Å². The summed E-state index contributed by atoms with van der Waals surface area (Å²) in [4.78, 5) is 10.5. The van der Waals surface area contributed by atoms with Crippen LogP contribution in [-0.2, 0) is 4.79 Å². The van der Waals surface area contributed by atoms with E-state index in [0.717, 1.165) is 37.4 Å². The second kappa shape index (κ2) is 8.00. The fraction of sp³-hybridized carbons (Fsp3) is 0.727. The van der Waals surface area contributed by atoms with Gasteiger partial charge >= 0.3 is 5.97 Å². The molecule has 0 aliphatic carbocycles. The van der Waals surface area contributed by atoms with Crippen molar-refractivity contribution in [3.63, 3.8) is 0 Å². The predicted molar refractivity (Wildman–Crippen MR) is 68.3 cm³/mol. The Hall–Kier alpha value is -1.17. The van der Waals surface area contributed by atoms with E-state index in [9.17, 15) is 4.79 Å². The number of anilines is 1. The zero-order chi connectivity index (χ0) is 12.5. The topological polar surface area (TPSA) is 75.1 Å². The summed E-state index contributed by atoms with van der Waals surface area (Å²) in [6, 6.07) is 0. The van der Waals surface area contributed by atoms with Gasteiger partial charge in [0.2, 0.25) is 5.13 Å². The molecule has 0 radical (unpaired) electrons. The highest BCUT2D eigenvalue weighted by molar-refractivity contribution is 7.13. The molecular weight excluding hydrogens is 238 g/mol.